The molecule has 0 amide bonds. The number of rotatable bonds is 3. The van der Waals surface area contributed by atoms with Gasteiger partial charge in [0.25, 0.3) is 0 Å². The van der Waals surface area contributed by atoms with Gasteiger partial charge in [0.1, 0.15) is 23.0 Å². The Hall–Kier alpha value is -4.73. The summed E-state index contributed by atoms with van der Waals surface area (Å²) < 4.78 is 11.8. The number of esters is 1. The highest BCUT2D eigenvalue weighted by Crippen LogP contribution is 2.56. The van der Waals surface area contributed by atoms with Gasteiger partial charge in [0.2, 0.25) is 0 Å². The van der Waals surface area contributed by atoms with E-state index >= 15 is 0 Å². The largest absolute Gasteiger partial charge is 0.508 e. The van der Waals surface area contributed by atoms with Crippen molar-refractivity contribution in [3.05, 3.63) is 131 Å². The first-order valence-corrected chi connectivity index (χ1v) is 14.7. The number of hydrogen-bond donors (Lipinski definition) is 4. The second-order valence-corrected chi connectivity index (χ2v) is 11.7. The Labute approximate surface area is 244 Å². The van der Waals surface area contributed by atoms with Crippen molar-refractivity contribution in [2.75, 3.05) is 11.5 Å². The van der Waals surface area contributed by atoms with Crippen molar-refractivity contribution in [3.63, 3.8) is 0 Å². The second kappa shape index (κ2) is 10.7. The van der Waals surface area contributed by atoms with Gasteiger partial charge in [0.15, 0.2) is 5.60 Å². The molecule has 7 rings (SSSR count). The van der Waals surface area contributed by atoms with Gasteiger partial charge in [-0.2, -0.15) is 0 Å². The SMILES string of the molecule is Nc1ccc(SSc2ccc(N)cc2)cc1.O=C1OC2(c3ccc(O)cc3Oc3cc(O)ccc32)c2ccccc21. The Morgan fingerprint density at radius 1 is 0.610 bits per heavy atom. The van der Waals surface area contributed by atoms with Crippen LogP contribution >= 0.6 is 21.6 Å². The Morgan fingerprint density at radius 2 is 1.10 bits per heavy atom. The quantitative estimate of drug-likeness (QED) is 0.0986. The van der Waals surface area contributed by atoms with Crippen LogP contribution in [0.1, 0.15) is 27.0 Å². The highest BCUT2D eigenvalue weighted by atomic mass is 33.1. The third-order valence-electron chi connectivity index (χ3n) is 6.68. The lowest BCUT2D eigenvalue weighted by molar-refractivity contribution is 0.0224. The van der Waals surface area contributed by atoms with E-state index in [1.165, 1.54) is 34.1 Å². The maximum atomic E-state index is 12.5. The minimum absolute atomic E-state index is 0.0371. The monoisotopic (exact) mass is 580 g/mol. The topological polar surface area (TPSA) is 128 Å². The van der Waals surface area contributed by atoms with E-state index in [4.69, 9.17) is 20.9 Å². The van der Waals surface area contributed by atoms with Gasteiger partial charge in [-0.1, -0.05) is 39.8 Å². The summed E-state index contributed by atoms with van der Waals surface area (Å²) in [5.74, 6) is 0.408. The van der Waals surface area contributed by atoms with Crippen LogP contribution in [0.25, 0.3) is 0 Å². The normalized spacial score (nSPS) is 13.6. The summed E-state index contributed by atoms with van der Waals surface area (Å²) in [5.41, 5.74) is 14.1. The first kappa shape index (κ1) is 26.5. The van der Waals surface area contributed by atoms with Crippen LogP contribution in [0.4, 0.5) is 11.4 Å². The first-order valence-electron chi connectivity index (χ1n) is 12.6. The van der Waals surface area contributed by atoms with E-state index < -0.39 is 11.6 Å². The summed E-state index contributed by atoms with van der Waals surface area (Å²) >= 11 is 0. The number of carbonyl (C=O) groups is 1. The Balaban J connectivity index is 0.000000164. The molecule has 0 saturated heterocycles. The average molecular weight is 581 g/mol. The predicted octanol–water partition coefficient (Wildman–Crippen LogP) is 7.32. The maximum absolute atomic E-state index is 12.5. The molecule has 5 aromatic carbocycles. The van der Waals surface area contributed by atoms with Gasteiger partial charge in [-0.3, -0.25) is 0 Å². The van der Waals surface area contributed by atoms with Gasteiger partial charge in [0, 0.05) is 50.0 Å². The first-order chi connectivity index (χ1) is 19.8. The lowest BCUT2D eigenvalue weighted by atomic mass is 9.77. The van der Waals surface area contributed by atoms with Crippen LogP contribution in [-0.4, -0.2) is 16.2 Å². The number of anilines is 2. The molecule has 2 aliphatic heterocycles. The molecule has 0 aromatic heterocycles. The Morgan fingerprint density at radius 3 is 1.61 bits per heavy atom. The van der Waals surface area contributed by atoms with Crippen molar-refractivity contribution in [1.82, 2.24) is 0 Å². The highest BCUT2D eigenvalue weighted by molar-refractivity contribution is 8.76. The van der Waals surface area contributed by atoms with E-state index in [2.05, 4.69) is 0 Å². The van der Waals surface area contributed by atoms with Gasteiger partial charge in [0.05, 0.1) is 5.56 Å². The van der Waals surface area contributed by atoms with Crippen molar-refractivity contribution < 1.29 is 24.5 Å². The zero-order chi connectivity index (χ0) is 28.6. The molecule has 0 saturated carbocycles. The average Bonchev–Trinajstić information content (AvgIpc) is 3.26. The summed E-state index contributed by atoms with van der Waals surface area (Å²) in [4.78, 5) is 14.9. The van der Waals surface area contributed by atoms with Crippen molar-refractivity contribution in [2.45, 2.75) is 15.4 Å². The van der Waals surface area contributed by atoms with E-state index in [1.54, 1.807) is 45.9 Å². The van der Waals surface area contributed by atoms with Gasteiger partial charge in [-0.25, -0.2) is 4.79 Å². The number of hydrogen-bond acceptors (Lipinski definition) is 9. The molecule has 1 spiro atoms. The molecule has 0 aliphatic carbocycles. The van der Waals surface area contributed by atoms with Crippen LogP contribution in [0.5, 0.6) is 23.0 Å². The highest BCUT2D eigenvalue weighted by Gasteiger charge is 2.53. The molecule has 5 aromatic rings. The molecule has 204 valence electrons. The third-order valence-corrected chi connectivity index (χ3v) is 9.09. The standard InChI is InChI=1S/C20H12O5.C12H12N2S2/c21-11-5-7-15-17(9-11)24-18-10-12(22)6-8-16(18)20(15)14-4-2-1-3-13(14)19(23)25-20;13-9-1-5-11(6-2-9)15-16-12-7-3-10(14)4-8-12/h1-10,21-22H;1-8H,13-14H2. The number of aromatic hydroxyl groups is 2. The zero-order valence-electron chi connectivity index (χ0n) is 21.5. The van der Waals surface area contributed by atoms with Gasteiger partial charge >= 0.3 is 5.97 Å². The molecule has 9 heteroatoms. The molecule has 0 radical (unpaired) electrons. The van der Waals surface area contributed by atoms with E-state index in [9.17, 15) is 15.0 Å². The molecule has 7 nitrogen and oxygen atoms in total. The summed E-state index contributed by atoms with van der Waals surface area (Å²) in [6, 6.07) is 32.3. The van der Waals surface area contributed by atoms with Crippen LogP contribution in [0.15, 0.2) is 119 Å². The number of nitrogen functional groups attached to an aromatic ring is 2. The fourth-order valence-corrected chi connectivity index (χ4v) is 6.73. The van der Waals surface area contributed by atoms with Crippen LogP contribution in [0.3, 0.4) is 0 Å². The number of benzene rings is 5. The number of carbonyl (C=O) groups excluding carboxylic acids is 1. The molecule has 41 heavy (non-hydrogen) atoms. The third kappa shape index (κ3) is 5.01. The predicted molar refractivity (Wildman–Crippen MR) is 161 cm³/mol. The summed E-state index contributed by atoms with van der Waals surface area (Å²) in [5, 5.41) is 19.7. The number of nitrogens with two attached hydrogens (primary N) is 2. The lowest BCUT2D eigenvalue weighted by Gasteiger charge is -2.36. The van der Waals surface area contributed by atoms with Crippen LogP contribution in [-0.2, 0) is 10.3 Å². The van der Waals surface area contributed by atoms with Crippen molar-refractivity contribution in [1.29, 1.82) is 0 Å². The summed E-state index contributed by atoms with van der Waals surface area (Å²) in [6.07, 6.45) is 0. The maximum Gasteiger partial charge on any atom is 0.340 e. The number of phenolic OH excluding ortho intramolecular Hbond substituents is 2. The molecular formula is C32H24N2O5S2. The van der Waals surface area contributed by atoms with Crippen molar-refractivity contribution in [2.24, 2.45) is 0 Å². The molecule has 6 N–H and O–H groups in total. The van der Waals surface area contributed by atoms with Gasteiger partial charge in [-0.05, 0) is 78.9 Å². The second-order valence-electron chi connectivity index (χ2n) is 9.38. The number of ether oxygens (including phenoxy) is 2. The van der Waals surface area contributed by atoms with Crippen molar-refractivity contribution in [3.8, 4) is 23.0 Å². The molecule has 0 unspecified atom stereocenters. The van der Waals surface area contributed by atoms with E-state index in [1.807, 2.05) is 60.7 Å². The van der Waals surface area contributed by atoms with E-state index in [0.29, 0.717) is 33.8 Å². The smallest absolute Gasteiger partial charge is 0.340 e. The molecule has 2 heterocycles. The number of fused-ring (bicyclic) bond motifs is 6. The zero-order valence-corrected chi connectivity index (χ0v) is 23.1. The number of phenols is 2. The molecule has 2 aliphatic rings. The van der Waals surface area contributed by atoms with Gasteiger partial charge in [-0.15, -0.1) is 0 Å². The summed E-state index contributed by atoms with van der Waals surface area (Å²) in [7, 11) is 3.42. The van der Waals surface area contributed by atoms with E-state index in [0.717, 1.165) is 11.4 Å². The summed E-state index contributed by atoms with van der Waals surface area (Å²) in [6.45, 7) is 0. The van der Waals surface area contributed by atoms with Crippen LogP contribution in [0, 0.1) is 0 Å². The van der Waals surface area contributed by atoms with Crippen molar-refractivity contribution >= 4 is 38.9 Å². The fourth-order valence-electron chi connectivity index (χ4n) is 4.80. The van der Waals surface area contributed by atoms with Crippen LogP contribution < -0.4 is 16.2 Å². The molecule has 0 fully saturated rings. The minimum atomic E-state index is -1.17. The van der Waals surface area contributed by atoms with Gasteiger partial charge < -0.3 is 31.2 Å². The Bertz CT molecular complexity index is 1660. The Kier molecular flexibility index (Phi) is 6.90. The fraction of sp³-hybridized carbons (Fsp3) is 0.0312. The minimum Gasteiger partial charge on any atom is -0.508 e. The molecule has 0 atom stereocenters. The molecular weight excluding hydrogens is 556 g/mol. The lowest BCUT2D eigenvalue weighted by Crippen LogP contribution is -2.32. The van der Waals surface area contributed by atoms with E-state index in [-0.39, 0.29) is 11.5 Å². The molecule has 0 bridgehead atoms. The van der Waals surface area contributed by atoms with Crippen LogP contribution in [0.2, 0.25) is 0 Å².